The number of benzene rings is 2. The third-order valence-electron chi connectivity index (χ3n) is 4.06. The lowest BCUT2D eigenvalue weighted by molar-refractivity contribution is 0.724. The highest BCUT2D eigenvalue weighted by Crippen LogP contribution is 2.32. The van der Waals surface area contributed by atoms with Gasteiger partial charge in [-0.05, 0) is 49.7 Å². The SMILES string of the molecule is CN(CCCCN)c1nc(-c2ccc(Cl)cc2Cl)nc2ccccc12. The number of para-hydroxylation sites is 1. The minimum Gasteiger partial charge on any atom is -0.359 e. The Balaban J connectivity index is 2.08. The van der Waals surface area contributed by atoms with Gasteiger partial charge < -0.3 is 10.6 Å². The highest BCUT2D eigenvalue weighted by molar-refractivity contribution is 6.36. The molecule has 0 fully saturated rings. The van der Waals surface area contributed by atoms with Crippen LogP contribution in [0.4, 0.5) is 5.82 Å². The lowest BCUT2D eigenvalue weighted by Crippen LogP contribution is -2.21. The molecule has 0 radical (unpaired) electrons. The maximum absolute atomic E-state index is 6.36. The van der Waals surface area contributed by atoms with Crippen molar-refractivity contribution in [2.45, 2.75) is 12.8 Å². The fourth-order valence-corrected chi connectivity index (χ4v) is 3.23. The maximum Gasteiger partial charge on any atom is 0.163 e. The van der Waals surface area contributed by atoms with Crippen molar-refractivity contribution in [2.75, 3.05) is 25.0 Å². The average molecular weight is 375 g/mol. The van der Waals surface area contributed by atoms with Crippen molar-refractivity contribution in [3.63, 3.8) is 0 Å². The van der Waals surface area contributed by atoms with Crippen molar-refractivity contribution in [2.24, 2.45) is 5.73 Å². The zero-order valence-electron chi connectivity index (χ0n) is 14.0. The number of anilines is 1. The van der Waals surface area contributed by atoms with E-state index in [9.17, 15) is 0 Å². The molecule has 1 aromatic heterocycles. The number of hydrogen-bond donors (Lipinski definition) is 1. The molecule has 6 heteroatoms. The second-order valence-corrected chi connectivity index (χ2v) is 6.77. The van der Waals surface area contributed by atoms with Crippen LogP contribution in [0.3, 0.4) is 0 Å². The van der Waals surface area contributed by atoms with Gasteiger partial charge >= 0.3 is 0 Å². The summed E-state index contributed by atoms with van der Waals surface area (Å²) in [6, 6.07) is 13.4. The van der Waals surface area contributed by atoms with Crippen molar-refractivity contribution >= 4 is 39.9 Å². The van der Waals surface area contributed by atoms with Crippen molar-refractivity contribution in [3.8, 4) is 11.4 Å². The van der Waals surface area contributed by atoms with E-state index in [1.165, 1.54) is 0 Å². The number of hydrogen-bond acceptors (Lipinski definition) is 4. The molecule has 0 aliphatic heterocycles. The van der Waals surface area contributed by atoms with Crippen LogP contribution in [-0.4, -0.2) is 30.1 Å². The zero-order chi connectivity index (χ0) is 17.8. The fourth-order valence-electron chi connectivity index (χ4n) is 2.74. The third-order valence-corrected chi connectivity index (χ3v) is 4.61. The first-order chi connectivity index (χ1) is 12.1. The summed E-state index contributed by atoms with van der Waals surface area (Å²) in [5.74, 6) is 1.49. The number of unbranched alkanes of at least 4 members (excludes halogenated alkanes) is 1. The normalized spacial score (nSPS) is 11.0. The van der Waals surface area contributed by atoms with Crippen LogP contribution in [0, 0.1) is 0 Å². The highest BCUT2D eigenvalue weighted by atomic mass is 35.5. The molecule has 130 valence electrons. The minimum absolute atomic E-state index is 0.541. The Kier molecular flexibility index (Phi) is 5.74. The number of halogens is 2. The molecule has 0 atom stereocenters. The molecular weight excluding hydrogens is 355 g/mol. The quantitative estimate of drug-likeness (QED) is 0.630. The molecule has 0 spiro atoms. The molecule has 2 aromatic carbocycles. The molecule has 4 nitrogen and oxygen atoms in total. The first-order valence-corrected chi connectivity index (χ1v) is 8.99. The van der Waals surface area contributed by atoms with Gasteiger partial charge in [-0.1, -0.05) is 35.3 Å². The third kappa shape index (κ3) is 4.03. The van der Waals surface area contributed by atoms with E-state index < -0.39 is 0 Å². The van der Waals surface area contributed by atoms with Crippen LogP contribution in [0.5, 0.6) is 0 Å². The van der Waals surface area contributed by atoms with Crippen LogP contribution in [-0.2, 0) is 0 Å². The van der Waals surface area contributed by atoms with E-state index in [0.717, 1.165) is 41.7 Å². The molecule has 3 rings (SSSR count). The van der Waals surface area contributed by atoms with E-state index >= 15 is 0 Å². The van der Waals surface area contributed by atoms with Crippen LogP contribution < -0.4 is 10.6 Å². The van der Waals surface area contributed by atoms with Crippen molar-refractivity contribution < 1.29 is 0 Å². The highest BCUT2D eigenvalue weighted by Gasteiger charge is 2.14. The molecule has 3 aromatic rings. The lowest BCUT2D eigenvalue weighted by atomic mass is 10.1. The van der Waals surface area contributed by atoms with E-state index in [0.29, 0.717) is 22.4 Å². The molecule has 0 amide bonds. The Morgan fingerprint density at radius 2 is 1.84 bits per heavy atom. The molecule has 0 saturated heterocycles. The van der Waals surface area contributed by atoms with Crippen molar-refractivity contribution in [1.29, 1.82) is 0 Å². The Labute approximate surface area is 157 Å². The molecule has 0 aliphatic rings. The predicted octanol–water partition coefficient (Wildman–Crippen LogP) is 4.78. The van der Waals surface area contributed by atoms with E-state index in [1.54, 1.807) is 12.1 Å². The van der Waals surface area contributed by atoms with E-state index in [1.807, 2.05) is 37.4 Å². The summed E-state index contributed by atoms with van der Waals surface area (Å²) in [7, 11) is 2.04. The summed E-state index contributed by atoms with van der Waals surface area (Å²) in [6.07, 6.45) is 2.01. The molecule has 0 aliphatic carbocycles. The van der Waals surface area contributed by atoms with Crippen molar-refractivity contribution in [3.05, 3.63) is 52.5 Å². The van der Waals surface area contributed by atoms with Gasteiger partial charge in [-0.25, -0.2) is 9.97 Å². The first-order valence-electron chi connectivity index (χ1n) is 8.23. The zero-order valence-corrected chi connectivity index (χ0v) is 15.6. The molecule has 0 bridgehead atoms. The van der Waals surface area contributed by atoms with Gasteiger partial charge in [0, 0.05) is 29.6 Å². The van der Waals surface area contributed by atoms with Gasteiger partial charge in [-0.15, -0.1) is 0 Å². The van der Waals surface area contributed by atoms with Gasteiger partial charge in [0.2, 0.25) is 0 Å². The van der Waals surface area contributed by atoms with Crippen LogP contribution in [0.25, 0.3) is 22.3 Å². The summed E-state index contributed by atoms with van der Waals surface area (Å²) in [5, 5.41) is 2.15. The van der Waals surface area contributed by atoms with Gasteiger partial charge in [0.05, 0.1) is 10.5 Å². The second-order valence-electron chi connectivity index (χ2n) is 5.93. The fraction of sp³-hybridized carbons (Fsp3) is 0.263. The largest absolute Gasteiger partial charge is 0.359 e. The van der Waals surface area contributed by atoms with Gasteiger partial charge in [-0.2, -0.15) is 0 Å². The lowest BCUT2D eigenvalue weighted by Gasteiger charge is -2.20. The Morgan fingerprint density at radius 1 is 1.04 bits per heavy atom. The summed E-state index contributed by atoms with van der Waals surface area (Å²) >= 11 is 12.4. The number of fused-ring (bicyclic) bond motifs is 1. The molecule has 1 heterocycles. The summed E-state index contributed by atoms with van der Waals surface area (Å²) < 4.78 is 0. The Hall–Kier alpha value is -1.88. The topological polar surface area (TPSA) is 55.0 Å². The van der Waals surface area contributed by atoms with Gasteiger partial charge in [-0.3, -0.25) is 0 Å². The molecular formula is C19H20Cl2N4. The van der Waals surface area contributed by atoms with Crippen LogP contribution in [0.15, 0.2) is 42.5 Å². The van der Waals surface area contributed by atoms with E-state index in [-0.39, 0.29) is 0 Å². The molecule has 2 N–H and O–H groups in total. The number of nitrogens with two attached hydrogens (primary N) is 1. The number of nitrogens with zero attached hydrogens (tertiary/aromatic N) is 3. The number of rotatable bonds is 6. The van der Waals surface area contributed by atoms with E-state index in [4.69, 9.17) is 38.9 Å². The standard InChI is InChI=1S/C19H20Cl2N4/c1-25(11-5-4-10-22)19-15-6-2-3-7-17(15)23-18(24-19)14-9-8-13(20)12-16(14)21/h2-3,6-9,12H,4-5,10-11,22H2,1H3. The summed E-state index contributed by atoms with van der Waals surface area (Å²) in [5.41, 5.74) is 7.26. The van der Waals surface area contributed by atoms with Crippen LogP contribution >= 0.6 is 23.2 Å². The monoisotopic (exact) mass is 374 g/mol. The first kappa shape index (κ1) is 17.9. The van der Waals surface area contributed by atoms with Crippen LogP contribution in [0.1, 0.15) is 12.8 Å². The predicted molar refractivity (Wildman–Crippen MR) is 107 cm³/mol. The molecule has 25 heavy (non-hydrogen) atoms. The molecule has 0 unspecified atom stereocenters. The Bertz CT molecular complexity index is 882. The smallest absolute Gasteiger partial charge is 0.163 e. The van der Waals surface area contributed by atoms with Gasteiger partial charge in [0.1, 0.15) is 5.82 Å². The number of aromatic nitrogens is 2. The minimum atomic E-state index is 0.541. The second kappa shape index (κ2) is 8.00. The van der Waals surface area contributed by atoms with Gasteiger partial charge in [0.15, 0.2) is 5.82 Å². The maximum atomic E-state index is 6.36. The summed E-state index contributed by atoms with van der Waals surface area (Å²) in [4.78, 5) is 11.6. The van der Waals surface area contributed by atoms with Crippen molar-refractivity contribution in [1.82, 2.24) is 9.97 Å². The summed E-state index contributed by atoms with van der Waals surface area (Å²) in [6.45, 7) is 1.58. The molecule has 0 saturated carbocycles. The Morgan fingerprint density at radius 3 is 2.60 bits per heavy atom. The van der Waals surface area contributed by atoms with Crippen LogP contribution in [0.2, 0.25) is 10.0 Å². The van der Waals surface area contributed by atoms with E-state index in [2.05, 4.69) is 4.90 Å². The van der Waals surface area contributed by atoms with Gasteiger partial charge in [0.25, 0.3) is 0 Å². The average Bonchev–Trinajstić information content (AvgIpc) is 2.61.